The molecular weight excluding hydrogens is 370 g/mol. The number of hydrogen-bond donors (Lipinski definition) is 0. The Kier molecular flexibility index (Phi) is 5.91. The molecule has 0 unspecified atom stereocenters. The second-order valence-corrected chi connectivity index (χ2v) is 6.60. The maximum absolute atomic E-state index is 13.8. The molecule has 4 nitrogen and oxygen atoms in total. The third-order valence-electron chi connectivity index (χ3n) is 4.49. The lowest BCUT2D eigenvalue weighted by molar-refractivity contribution is -0.140. The minimum Gasteiger partial charge on any atom is -0.288 e. The molecule has 7 heteroatoms. The van der Waals surface area contributed by atoms with Gasteiger partial charge in [0.05, 0.1) is 0 Å². The first-order chi connectivity index (χ1) is 13.0. The van der Waals surface area contributed by atoms with Gasteiger partial charge in [-0.2, -0.15) is 0 Å². The Hall–Kier alpha value is -2.67. The van der Waals surface area contributed by atoms with Crippen LogP contribution in [0.2, 0.25) is 0 Å². The fourth-order valence-corrected chi connectivity index (χ4v) is 3.37. The molecule has 2 aromatic rings. The number of amides is 2. The lowest BCUT2D eigenvalue weighted by Gasteiger charge is -2.35. The van der Waals surface area contributed by atoms with Crippen LogP contribution in [-0.4, -0.2) is 39.8 Å². The highest BCUT2D eigenvalue weighted by atomic mass is 32.1. The van der Waals surface area contributed by atoms with Crippen molar-refractivity contribution in [3.63, 3.8) is 0 Å². The molecular formula is C20H18F2N2O2S. The summed E-state index contributed by atoms with van der Waals surface area (Å²) in [6, 6.07) is 12.6. The summed E-state index contributed by atoms with van der Waals surface area (Å²) in [5.74, 6) is -1.49. The van der Waals surface area contributed by atoms with Gasteiger partial charge in [0.15, 0.2) is 5.11 Å². The van der Waals surface area contributed by atoms with Crippen molar-refractivity contribution in [3.05, 3.63) is 71.3 Å². The number of nitrogens with zero attached hydrogens (tertiary/aromatic N) is 2. The molecule has 0 atom stereocenters. The Morgan fingerprint density at radius 2 is 1.19 bits per heavy atom. The minimum atomic E-state index is -0.400. The molecule has 1 heterocycles. The first-order valence-electron chi connectivity index (χ1n) is 8.59. The lowest BCUT2D eigenvalue weighted by atomic mass is 10.1. The van der Waals surface area contributed by atoms with E-state index in [1.54, 1.807) is 36.4 Å². The van der Waals surface area contributed by atoms with Crippen molar-refractivity contribution in [2.75, 3.05) is 13.1 Å². The van der Waals surface area contributed by atoms with E-state index in [-0.39, 0.29) is 49.1 Å². The van der Waals surface area contributed by atoms with Crippen LogP contribution in [0, 0.1) is 11.6 Å². The predicted molar refractivity (Wildman–Crippen MR) is 101 cm³/mol. The van der Waals surface area contributed by atoms with E-state index in [0.717, 1.165) is 0 Å². The van der Waals surface area contributed by atoms with E-state index in [0.29, 0.717) is 11.1 Å². The number of thiocarbonyl (C=S) groups is 1. The number of benzene rings is 2. The highest BCUT2D eigenvalue weighted by Gasteiger charge is 2.34. The Morgan fingerprint density at radius 3 is 1.59 bits per heavy atom. The van der Waals surface area contributed by atoms with Crippen molar-refractivity contribution in [2.24, 2.45) is 0 Å². The summed E-state index contributed by atoms with van der Waals surface area (Å²) in [6.07, 6.45) is 0.274. The zero-order valence-electron chi connectivity index (χ0n) is 14.5. The molecule has 1 saturated heterocycles. The van der Waals surface area contributed by atoms with Crippen LogP contribution in [-0.2, 0) is 22.4 Å². The fourth-order valence-electron chi connectivity index (χ4n) is 2.99. The highest BCUT2D eigenvalue weighted by Crippen LogP contribution is 2.17. The Morgan fingerprint density at radius 1 is 0.778 bits per heavy atom. The quantitative estimate of drug-likeness (QED) is 0.564. The summed E-state index contributed by atoms with van der Waals surface area (Å²) in [5.41, 5.74) is 0.950. The smallest absolute Gasteiger partial charge is 0.238 e. The minimum absolute atomic E-state index is 0.0870. The zero-order valence-corrected chi connectivity index (χ0v) is 15.3. The topological polar surface area (TPSA) is 40.6 Å². The average Bonchev–Trinajstić information content (AvgIpc) is 2.64. The SMILES string of the molecule is O=C1CC(=O)N(CCc2ccccc2F)C(=S)N1CCc1ccccc1F. The highest BCUT2D eigenvalue weighted by molar-refractivity contribution is 7.80. The molecule has 2 amide bonds. The van der Waals surface area contributed by atoms with Gasteiger partial charge in [-0.05, 0) is 48.3 Å². The second kappa shape index (κ2) is 8.35. The summed E-state index contributed by atoms with van der Waals surface area (Å²) in [7, 11) is 0. The van der Waals surface area contributed by atoms with Gasteiger partial charge in [-0.3, -0.25) is 19.4 Å². The van der Waals surface area contributed by atoms with Gasteiger partial charge in [-0.15, -0.1) is 0 Å². The molecule has 140 valence electrons. The maximum atomic E-state index is 13.8. The van der Waals surface area contributed by atoms with Crippen LogP contribution in [0.3, 0.4) is 0 Å². The van der Waals surface area contributed by atoms with Gasteiger partial charge in [0.2, 0.25) is 11.8 Å². The van der Waals surface area contributed by atoms with Gasteiger partial charge >= 0.3 is 0 Å². The summed E-state index contributed by atoms with van der Waals surface area (Å²) in [4.78, 5) is 27.1. The van der Waals surface area contributed by atoms with E-state index in [2.05, 4.69) is 0 Å². The van der Waals surface area contributed by atoms with Gasteiger partial charge in [-0.25, -0.2) is 8.78 Å². The zero-order chi connectivity index (χ0) is 19.4. The van der Waals surface area contributed by atoms with Crippen LogP contribution in [0.25, 0.3) is 0 Å². The van der Waals surface area contributed by atoms with Crippen molar-refractivity contribution >= 4 is 29.1 Å². The van der Waals surface area contributed by atoms with Crippen LogP contribution < -0.4 is 0 Å². The Bertz CT molecular complexity index is 818. The summed E-state index contributed by atoms with van der Waals surface area (Å²) >= 11 is 5.32. The van der Waals surface area contributed by atoms with E-state index in [4.69, 9.17) is 12.2 Å². The van der Waals surface area contributed by atoms with E-state index < -0.39 is 11.8 Å². The standard InChI is InChI=1S/C20H18F2N2O2S/c21-16-7-3-1-5-14(16)9-11-23-18(25)13-19(26)24(20(23)27)12-10-15-6-2-4-8-17(15)22/h1-8H,9-13H2. The Labute approximate surface area is 161 Å². The molecule has 0 N–H and O–H groups in total. The van der Waals surface area contributed by atoms with Crippen molar-refractivity contribution in [1.29, 1.82) is 0 Å². The van der Waals surface area contributed by atoms with Crippen molar-refractivity contribution < 1.29 is 18.4 Å². The van der Waals surface area contributed by atoms with Crippen LogP contribution >= 0.6 is 12.2 Å². The van der Waals surface area contributed by atoms with Crippen molar-refractivity contribution in [1.82, 2.24) is 9.80 Å². The number of carbonyl (C=O) groups is 2. The molecule has 2 aromatic carbocycles. The van der Waals surface area contributed by atoms with Gasteiger partial charge in [-0.1, -0.05) is 36.4 Å². The fraction of sp³-hybridized carbons (Fsp3) is 0.250. The third-order valence-corrected chi connectivity index (χ3v) is 4.93. The molecule has 27 heavy (non-hydrogen) atoms. The van der Waals surface area contributed by atoms with Crippen LogP contribution in [0.1, 0.15) is 17.5 Å². The molecule has 0 aliphatic carbocycles. The second-order valence-electron chi connectivity index (χ2n) is 6.23. The van der Waals surface area contributed by atoms with E-state index in [9.17, 15) is 18.4 Å². The molecule has 1 aliphatic heterocycles. The normalized spacial score (nSPS) is 14.8. The van der Waals surface area contributed by atoms with Crippen LogP contribution in [0.5, 0.6) is 0 Å². The monoisotopic (exact) mass is 388 g/mol. The third kappa shape index (κ3) is 4.36. The number of rotatable bonds is 6. The largest absolute Gasteiger partial charge is 0.288 e. The van der Waals surface area contributed by atoms with E-state index in [1.807, 2.05) is 0 Å². The predicted octanol–water partition coefficient (Wildman–Crippen LogP) is 3.10. The summed E-state index contributed by atoms with van der Waals surface area (Å²) in [5, 5.41) is 0.0870. The number of halogens is 2. The molecule has 1 aliphatic rings. The van der Waals surface area contributed by atoms with Gasteiger partial charge in [0, 0.05) is 13.1 Å². The molecule has 0 saturated carbocycles. The number of carbonyl (C=O) groups excluding carboxylic acids is 2. The van der Waals surface area contributed by atoms with Gasteiger partial charge < -0.3 is 0 Å². The molecule has 3 rings (SSSR count). The van der Waals surface area contributed by atoms with Crippen LogP contribution in [0.15, 0.2) is 48.5 Å². The molecule has 0 bridgehead atoms. The lowest BCUT2D eigenvalue weighted by Crippen LogP contribution is -2.55. The summed E-state index contributed by atoms with van der Waals surface area (Å²) in [6.45, 7) is 0.365. The Balaban J connectivity index is 1.68. The molecule has 0 aromatic heterocycles. The van der Waals surface area contributed by atoms with Crippen molar-refractivity contribution in [2.45, 2.75) is 19.3 Å². The van der Waals surface area contributed by atoms with E-state index in [1.165, 1.54) is 21.9 Å². The summed E-state index contributed by atoms with van der Waals surface area (Å²) < 4.78 is 27.6. The maximum Gasteiger partial charge on any atom is 0.238 e. The van der Waals surface area contributed by atoms with Crippen LogP contribution in [0.4, 0.5) is 8.78 Å². The molecule has 0 spiro atoms. The number of hydrogen-bond acceptors (Lipinski definition) is 3. The average molecular weight is 388 g/mol. The van der Waals surface area contributed by atoms with Gasteiger partial charge in [0.25, 0.3) is 0 Å². The van der Waals surface area contributed by atoms with Gasteiger partial charge in [0.1, 0.15) is 18.1 Å². The van der Waals surface area contributed by atoms with E-state index >= 15 is 0 Å². The molecule has 0 radical (unpaired) electrons. The first kappa shape index (κ1) is 19.1. The van der Waals surface area contributed by atoms with Crippen molar-refractivity contribution in [3.8, 4) is 0 Å². The molecule has 1 fully saturated rings. The first-order valence-corrected chi connectivity index (χ1v) is 8.99.